The highest BCUT2D eigenvalue weighted by Gasteiger charge is 2.16. The van der Waals surface area contributed by atoms with Gasteiger partial charge in [-0.2, -0.15) is 0 Å². The fourth-order valence-electron chi connectivity index (χ4n) is 2.46. The van der Waals surface area contributed by atoms with Crippen molar-refractivity contribution >= 4 is 11.6 Å². The molecule has 0 unspecified atom stereocenters. The number of oxime groups is 1. The van der Waals surface area contributed by atoms with Crippen molar-refractivity contribution in [3.05, 3.63) is 29.8 Å². The number of benzene rings is 1. The summed E-state index contributed by atoms with van der Waals surface area (Å²) in [4.78, 5) is 13.9. The molecule has 21 heavy (non-hydrogen) atoms. The molecule has 1 aliphatic heterocycles. The first-order valence-electron chi connectivity index (χ1n) is 7.46. The zero-order chi connectivity index (χ0) is 15.1. The van der Waals surface area contributed by atoms with Gasteiger partial charge in [0.2, 0.25) is 0 Å². The number of likely N-dealkylation sites (tertiary alicyclic amines) is 1. The zero-order valence-electron chi connectivity index (χ0n) is 12.4. The number of rotatable bonds is 5. The van der Waals surface area contributed by atoms with E-state index in [4.69, 9.17) is 9.94 Å². The maximum atomic E-state index is 12.0. The Bertz CT molecular complexity index is 491. The Kier molecular flexibility index (Phi) is 5.60. The molecule has 2 rings (SSSR count). The summed E-state index contributed by atoms with van der Waals surface area (Å²) in [5.41, 5.74) is 1.49. The number of nitrogens with zero attached hydrogens (tertiary/aromatic N) is 2. The van der Waals surface area contributed by atoms with Gasteiger partial charge < -0.3 is 14.8 Å². The summed E-state index contributed by atoms with van der Waals surface area (Å²) in [5, 5.41) is 12.1. The largest absolute Gasteiger partial charge is 0.484 e. The Morgan fingerprint density at radius 3 is 2.48 bits per heavy atom. The first-order valence-corrected chi connectivity index (χ1v) is 7.46. The molecular formula is C16H22N2O3. The number of piperidine rings is 1. The third-order valence-electron chi connectivity index (χ3n) is 3.71. The van der Waals surface area contributed by atoms with Crippen molar-refractivity contribution in [3.8, 4) is 5.75 Å². The van der Waals surface area contributed by atoms with E-state index >= 15 is 0 Å². The Labute approximate surface area is 125 Å². The van der Waals surface area contributed by atoms with Crippen molar-refractivity contribution in [1.82, 2.24) is 4.90 Å². The smallest absolute Gasteiger partial charge is 0.260 e. The predicted octanol–water partition coefficient (Wildman–Crippen LogP) is 2.67. The van der Waals surface area contributed by atoms with E-state index in [-0.39, 0.29) is 12.5 Å². The van der Waals surface area contributed by atoms with Gasteiger partial charge in [-0.1, -0.05) is 12.1 Å². The van der Waals surface area contributed by atoms with Gasteiger partial charge in [-0.15, -0.1) is 0 Å². The SMILES string of the molecule is CC/C(=N\O)c1ccc(OCC(=O)N2CCCCC2)cc1. The molecule has 5 heteroatoms. The minimum absolute atomic E-state index is 0.0462. The van der Waals surface area contributed by atoms with E-state index in [1.54, 1.807) is 12.1 Å². The molecule has 1 amide bonds. The summed E-state index contributed by atoms with van der Waals surface area (Å²) in [6, 6.07) is 7.25. The third kappa shape index (κ3) is 4.21. The number of carbonyl (C=O) groups excluding carboxylic acids is 1. The molecule has 1 saturated heterocycles. The third-order valence-corrected chi connectivity index (χ3v) is 3.71. The summed E-state index contributed by atoms with van der Waals surface area (Å²) in [7, 11) is 0. The maximum Gasteiger partial charge on any atom is 0.260 e. The number of amides is 1. The van der Waals surface area contributed by atoms with Gasteiger partial charge in [-0.3, -0.25) is 4.79 Å². The molecule has 5 nitrogen and oxygen atoms in total. The van der Waals surface area contributed by atoms with Crippen molar-refractivity contribution in [2.75, 3.05) is 19.7 Å². The van der Waals surface area contributed by atoms with Gasteiger partial charge >= 0.3 is 0 Å². The molecule has 1 fully saturated rings. The Morgan fingerprint density at radius 2 is 1.90 bits per heavy atom. The molecule has 0 spiro atoms. The Morgan fingerprint density at radius 1 is 1.24 bits per heavy atom. The second kappa shape index (κ2) is 7.67. The Balaban J connectivity index is 1.87. The monoisotopic (exact) mass is 290 g/mol. The van der Waals surface area contributed by atoms with E-state index in [1.165, 1.54) is 6.42 Å². The molecule has 0 aromatic heterocycles. The normalized spacial score (nSPS) is 15.9. The molecule has 1 aromatic rings. The van der Waals surface area contributed by atoms with Crippen LogP contribution in [0.15, 0.2) is 29.4 Å². The summed E-state index contributed by atoms with van der Waals surface area (Å²) >= 11 is 0. The minimum atomic E-state index is 0.0462. The van der Waals surface area contributed by atoms with Crippen LogP contribution in [-0.4, -0.2) is 41.4 Å². The molecule has 0 atom stereocenters. The van der Waals surface area contributed by atoms with Crippen LogP contribution in [-0.2, 0) is 4.79 Å². The summed E-state index contributed by atoms with van der Waals surface area (Å²) in [6.07, 6.45) is 4.03. The molecule has 0 saturated carbocycles. The van der Waals surface area contributed by atoms with E-state index in [0.717, 1.165) is 31.5 Å². The van der Waals surface area contributed by atoms with Crippen molar-refractivity contribution < 1.29 is 14.7 Å². The molecule has 0 radical (unpaired) electrons. The number of carbonyl (C=O) groups is 1. The van der Waals surface area contributed by atoms with E-state index in [9.17, 15) is 4.79 Å². The number of hydrogen-bond donors (Lipinski definition) is 1. The van der Waals surface area contributed by atoms with E-state index in [1.807, 2.05) is 24.0 Å². The molecule has 0 bridgehead atoms. The fourth-order valence-corrected chi connectivity index (χ4v) is 2.46. The molecule has 1 aliphatic rings. The van der Waals surface area contributed by atoms with Crippen molar-refractivity contribution in [1.29, 1.82) is 0 Å². The molecule has 1 heterocycles. The van der Waals surface area contributed by atoms with Crippen LogP contribution in [0.25, 0.3) is 0 Å². The lowest BCUT2D eigenvalue weighted by molar-refractivity contribution is -0.134. The fraction of sp³-hybridized carbons (Fsp3) is 0.500. The van der Waals surface area contributed by atoms with Crippen LogP contribution in [0, 0.1) is 0 Å². The Hall–Kier alpha value is -2.04. The lowest BCUT2D eigenvalue weighted by Gasteiger charge is -2.26. The van der Waals surface area contributed by atoms with Gasteiger partial charge in [0, 0.05) is 13.1 Å². The van der Waals surface area contributed by atoms with Crippen LogP contribution in [0.3, 0.4) is 0 Å². The summed E-state index contributed by atoms with van der Waals surface area (Å²) in [5.74, 6) is 0.697. The first kappa shape index (κ1) is 15.4. The van der Waals surface area contributed by atoms with Crippen molar-refractivity contribution in [2.24, 2.45) is 5.16 Å². The second-order valence-corrected chi connectivity index (χ2v) is 5.15. The van der Waals surface area contributed by atoms with Crippen LogP contribution in [0.4, 0.5) is 0 Å². The number of ether oxygens (including phenoxy) is 1. The highest BCUT2D eigenvalue weighted by atomic mass is 16.5. The van der Waals surface area contributed by atoms with Crippen LogP contribution in [0.1, 0.15) is 38.2 Å². The van der Waals surface area contributed by atoms with E-state index < -0.39 is 0 Å². The van der Waals surface area contributed by atoms with Gasteiger partial charge in [-0.25, -0.2) is 0 Å². The summed E-state index contributed by atoms with van der Waals surface area (Å²) < 4.78 is 5.53. The van der Waals surface area contributed by atoms with Crippen molar-refractivity contribution in [3.63, 3.8) is 0 Å². The molecular weight excluding hydrogens is 268 g/mol. The van der Waals surface area contributed by atoms with Crippen LogP contribution < -0.4 is 4.74 Å². The van der Waals surface area contributed by atoms with Crippen LogP contribution >= 0.6 is 0 Å². The lowest BCUT2D eigenvalue weighted by atomic mass is 10.1. The standard InChI is InChI=1S/C16H22N2O3/c1-2-15(17-20)13-6-8-14(9-7-13)21-12-16(19)18-10-4-3-5-11-18/h6-9,20H,2-5,10-12H2,1H3/b17-15+. The predicted molar refractivity (Wildman–Crippen MR) is 81.0 cm³/mol. The van der Waals surface area contributed by atoms with Crippen LogP contribution in [0.2, 0.25) is 0 Å². The molecule has 114 valence electrons. The highest BCUT2D eigenvalue weighted by molar-refractivity contribution is 6.00. The van der Waals surface area contributed by atoms with Gasteiger partial charge in [0.1, 0.15) is 5.75 Å². The number of hydrogen-bond acceptors (Lipinski definition) is 4. The van der Waals surface area contributed by atoms with Gasteiger partial charge in [-0.05, 0) is 55.5 Å². The zero-order valence-corrected chi connectivity index (χ0v) is 12.4. The second-order valence-electron chi connectivity index (χ2n) is 5.15. The topological polar surface area (TPSA) is 62.1 Å². The molecule has 1 N–H and O–H groups in total. The molecule has 1 aromatic carbocycles. The highest BCUT2D eigenvalue weighted by Crippen LogP contribution is 2.15. The first-order chi connectivity index (χ1) is 10.2. The lowest BCUT2D eigenvalue weighted by Crippen LogP contribution is -2.38. The van der Waals surface area contributed by atoms with Crippen molar-refractivity contribution in [2.45, 2.75) is 32.6 Å². The average molecular weight is 290 g/mol. The molecule has 0 aliphatic carbocycles. The van der Waals surface area contributed by atoms with Gasteiger partial charge in [0.15, 0.2) is 6.61 Å². The maximum absolute atomic E-state index is 12.0. The quantitative estimate of drug-likeness (QED) is 0.515. The average Bonchev–Trinajstić information content (AvgIpc) is 2.55. The van der Waals surface area contributed by atoms with Gasteiger partial charge in [0.05, 0.1) is 5.71 Å². The summed E-state index contributed by atoms with van der Waals surface area (Å²) in [6.45, 7) is 3.69. The van der Waals surface area contributed by atoms with E-state index in [0.29, 0.717) is 17.9 Å². The van der Waals surface area contributed by atoms with Gasteiger partial charge in [0.25, 0.3) is 5.91 Å². The minimum Gasteiger partial charge on any atom is -0.484 e. The van der Waals surface area contributed by atoms with E-state index in [2.05, 4.69) is 5.16 Å². The van der Waals surface area contributed by atoms with Crippen LogP contribution in [0.5, 0.6) is 5.75 Å².